The van der Waals surface area contributed by atoms with Crippen LogP contribution in [0.1, 0.15) is 36.8 Å². The lowest BCUT2D eigenvalue weighted by molar-refractivity contribution is -0.122. The maximum Gasteiger partial charge on any atom is 0.220 e. The number of rotatable bonds is 5. The molecular weight excluding hydrogens is 266 g/mol. The first-order chi connectivity index (χ1) is 10.1. The summed E-state index contributed by atoms with van der Waals surface area (Å²) in [5, 5.41) is 12.5. The Morgan fingerprint density at radius 3 is 2.71 bits per heavy atom. The van der Waals surface area contributed by atoms with Crippen molar-refractivity contribution in [2.24, 2.45) is 11.7 Å². The molecule has 5 heteroatoms. The molecule has 1 aromatic rings. The van der Waals surface area contributed by atoms with Gasteiger partial charge in [0.1, 0.15) is 5.75 Å². The molecule has 0 unspecified atom stereocenters. The predicted molar refractivity (Wildman–Crippen MR) is 79.5 cm³/mol. The highest BCUT2D eigenvalue weighted by Gasteiger charge is 2.24. The van der Waals surface area contributed by atoms with E-state index >= 15 is 0 Å². The first-order valence-electron chi connectivity index (χ1n) is 7.23. The molecule has 0 radical (unpaired) electrons. The van der Waals surface area contributed by atoms with Gasteiger partial charge in [-0.2, -0.15) is 5.26 Å². The molecule has 21 heavy (non-hydrogen) atoms. The average Bonchev–Trinajstić information content (AvgIpc) is 2.52. The average molecular weight is 287 g/mol. The molecule has 0 spiro atoms. The fourth-order valence-electron chi connectivity index (χ4n) is 2.82. The van der Waals surface area contributed by atoms with Gasteiger partial charge in [-0.05, 0) is 43.9 Å². The minimum atomic E-state index is -0.183. The molecule has 0 atom stereocenters. The summed E-state index contributed by atoms with van der Waals surface area (Å²) in [5.41, 5.74) is 6.95. The Hall–Kier alpha value is -2.06. The Balaban J connectivity index is 1.92. The summed E-state index contributed by atoms with van der Waals surface area (Å²) in [4.78, 5) is 11.1. The first-order valence-corrected chi connectivity index (χ1v) is 7.23. The Bertz CT molecular complexity index is 543. The molecule has 112 valence electrons. The highest BCUT2D eigenvalue weighted by molar-refractivity contribution is 5.76. The number of nitrogens with two attached hydrogens (primary N) is 1. The van der Waals surface area contributed by atoms with E-state index in [1.807, 2.05) is 12.1 Å². The van der Waals surface area contributed by atoms with E-state index in [0.29, 0.717) is 18.2 Å². The summed E-state index contributed by atoms with van der Waals surface area (Å²) in [5.74, 6) is 0.628. The number of nitrogens with one attached hydrogen (secondary N) is 1. The van der Waals surface area contributed by atoms with Gasteiger partial charge in [-0.1, -0.05) is 0 Å². The molecule has 0 aromatic heterocycles. The molecule has 0 aliphatic heterocycles. The molecule has 2 rings (SSSR count). The zero-order valence-corrected chi connectivity index (χ0v) is 12.3. The van der Waals surface area contributed by atoms with Crippen molar-refractivity contribution in [3.63, 3.8) is 0 Å². The standard InChI is InChI=1S/C16H21N3O2/c1-21-15-7-2-11(9-17)8-13(15)10-19-14-5-3-12(4-6-14)16(18)20/h2,7-8,12,14,19H,3-6,10H2,1H3,(H2,18,20). The topological polar surface area (TPSA) is 88.1 Å². The Labute approximate surface area is 125 Å². The van der Waals surface area contributed by atoms with Gasteiger partial charge in [-0.15, -0.1) is 0 Å². The number of hydrogen-bond donors (Lipinski definition) is 2. The van der Waals surface area contributed by atoms with E-state index in [4.69, 9.17) is 15.7 Å². The maximum atomic E-state index is 11.1. The van der Waals surface area contributed by atoms with E-state index in [1.165, 1.54) is 0 Å². The van der Waals surface area contributed by atoms with Crippen LogP contribution in [-0.4, -0.2) is 19.1 Å². The first kappa shape index (κ1) is 15.3. The number of benzene rings is 1. The van der Waals surface area contributed by atoms with Crippen LogP contribution in [-0.2, 0) is 11.3 Å². The SMILES string of the molecule is COc1ccc(C#N)cc1CNC1CCC(C(N)=O)CC1. The molecule has 0 heterocycles. The van der Waals surface area contributed by atoms with Gasteiger partial charge in [0.25, 0.3) is 0 Å². The van der Waals surface area contributed by atoms with E-state index in [1.54, 1.807) is 13.2 Å². The molecular formula is C16H21N3O2. The summed E-state index contributed by atoms with van der Waals surface area (Å²) in [7, 11) is 1.63. The number of nitriles is 1. The van der Waals surface area contributed by atoms with Gasteiger partial charge in [-0.3, -0.25) is 4.79 Å². The molecule has 1 amide bonds. The smallest absolute Gasteiger partial charge is 0.220 e. The van der Waals surface area contributed by atoms with Crippen molar-refractivity contribution < 1.29 is 9.53 Å². The van der Waals surface area contributed by atoms with Gasteiger partial charge < -0.3 is 15.8 Å². The number of ether oxygens (including phenoxy) is 1. The third-order valence-corrected chi connectivity index (χ3v) is 4.12. The van der Waals surface area contributed by atoms with Crippen LogP contribution in [0.3, 0.4) is 0 Å². The minimum absolute atomic E-state index is 0.0273. The van der Waals surface area contributed by atoms with Crippen molar-refractivity contribution in [3.05, 3.63) is 29.3 Å². The van der Waals surface area contributed by atoms with Gasteiger partial charge in [-0.25, -0.2) is 0 Å². The van der Waals surface area contributed by atoms with Crippen LogP contribution in [0.15, 0.2) is 18.2 Å². The van der Waals surface area contributed by atoms with Crippen molar-refractivity contribution in [1.82, 2.24) is 5.32 Å². The number of amides is 1. The van der Waals surface area contributed by atoms with Gasteiger partial charge in [0.05, 0.1) is 18.7 Å². The van der Waals surface area contributed by atoms with E-state index in [2.05, 4.69) is 11.4 Å². The third-order valence-electron chi connectivity index (χ3n) is 4.12. The Kier molecular flexibility index (Phi) is 5.18. The van der Waals surface area contributed by atoms with Gasteiger partial charge in [0.15, 0.2) is 0 Å². The normalized spacial score (nSPS) is 21.5. The third kappa shape index (κ3) is 3.96. The molecule has 1 aromatic carbocycles. The second-order valence-corrected chi connectivity index (χ2v) is 5.47. The van der Waals surface area contributed by atoms with Gasteiger partial charge >= 0.3 is 0 Å². The molecule has 5 nitrogen and oxygen atoms in total. The largest absolute Gasteiger partial charge is 0.496 e. The number of carbonyl (C=O) groups excluding carboxylic acids is 1. The highest BCUT2D eigenvalue weighted by atomic mass is 16.5. The lowest BCUT2D eigenvalue weighted by Crippen LogP contribution is -2.36. The molecule has 0 saturated heterocycles. The number of nitrogens with zero attached hydrogens (tertiary/aromatic N) is 1. The second-order valence-electron chi connectivity index (χ2n) is 5.47. The van der Waals surface area contributed by atoms with Crippen LogP contribution in [0.5, 0.6) is 5.75 Å². The second kappa shape index (κ2) is 7.09. The quantitative estimate of drug-likeness (QED) is 0.862. The van der Waals surface area contributed by atoms with Crippen molar-refractivity contribution in [2.75, 3.05) is 7.11 Å². The number of carbonyl (C=O) groups is 1. The Morgan fingerprint density at radius 1 is 1.43 bits per heavy atom. The van der Waals surface area contributed by atoms with Crippen LogP contribution in [0.25, 0.3) is 0 Å². The number of hydrogen-bond acceptors (Lipinski definition) is 4. The van der Waals surface area contributed by atoms with Crippen molar-refractivity contribution in [1.29, 1.82) is 5.26 Å². The van der Waals surface area contributed by atoms with Gasteiger partial charge in [0.2, 0.25) is 5.91 Å². The molecule has 1 saturated carbocycles. The Morgan fingerprint density at radius 2 is 2.14 bits per heavy atom. The fourth-order valence-corrected chi connectivity index (χ4v) is 2.82. The monoisotopic (exact) mass is 287 g/mol. The molecule has 1 aliphatic carbocycles. The summed E-state index contributed by atoms with van der Waals surface area (Å²) in [6.45, 7) is 0.657. The van der Waals surface area contributed by atoms with E-state index in [-0.39, 0.29) is 11.8 Å². The van der Waals surface area contributed by atoms with Crippen LogP contribution in [0.2, 0.25) is 0 Å². The summed E-state index contributed by atoms with van der Waals surface area (Å²) >= 11 is 0. The molecule has 3 N–H and O–H groups in total. The van der Waals surface area contributed by atoms with Crippen LogP contribution >= 0.6 is 0 Å². The van der Waals surface area contributed by atoms with Crippen molar-refractivity contribution in [3.8, 4) is 11.8 Å². The fraction of sp³-hybridized carbons (Fsp3) is 0.500. The van der Waals surface area contributed by atoms with Crippen molar-refractivity contribution >= 4 is 5.91 Å². The molecule has 1 fully saturated rings. The van der Waals surface area contributed by atoms with Crippen molar-refractivity contribution in [2.45, 2.75) is 38.3 Å². The molecule has 1 aliphatic rings. The van der Waals surface area contributed by atoms with Crippen LogP contribution in [0, 0.1) is 17.2 Å². The van der Waals surface area contributed by atoms with E-state index < -0.39 is 0 Å². The predicted octanol–water partition coefficient (Wildman–Crippen LogP) is 1.70. The lowest BCUT2D eigenvalue weighted by atomic mass is 9.85. The zero-order valence-electron chi connectivity index (χ0n) is 12.3. The highest BCUT2D eigenvalue weighted by Crippen LogP contribution is 2.25. The minimum Gasteiger partial charge on any atom is -0.496 e. The van der Waals surface area contributed by atoms with Crippen LogP contribution < -0.4 is 15.8 Å². The van der Waals surface area contributed by atoms with Crippen LogP contribution in [0.4, 0.5) is 0 Å². The summed E-state index contributed by atoms with van der Waals surface area (Å²) < 4.78 is 5.32. The molecule has 0 bridgehead atoms. The number of primary amides is 1. The summed E-state index contributed by atoms with van der Waals surface area (Å²) in [6, 6.07) is 7.94. The van der Waals surface area contributed by atoms with Gasteiger partial charge in [0, 0.05) is 24.1 Å². The van der Waals surface area contributed by atoms with E-state index in [0.717, 1.165) is 37.0 Å². The maximum absolute atomic E-state index is 11.1. The summed E-state index contributed by atoms with van der Waals surface area (Å²) in [6.07, 6.45) is 3.60. The van der Waals surface area contributed by atoms with E-state index in [9.17, 15) is 4.79 Å². The number of methoxy groups -OCH3 is 1. The lowest BCUT2D eigenvalue weighted by Gasteiger charge is -2.27. The zero-order chi connectivity index (χ0) is 15.2.